The van der Waals surface area contributed by atoms with Crippen molar-refractivity contribution >= 4 is 34.6 Å². The van der Waals surface area contributed by atoms with Crippen LogP contribution in [0.25, 0.3) is 16.8 Å². The minimum atomic E-state index is -0.635. The molecule has 3 aromatic carbocycles. The number of phenols is 1. The number of hydrogen-bond acceptors (Lipinski definition) is 6. The van der Waals surface area contributed by atoms with Crippen molar-refractivity contribution in [3.8, 4) is 11.5 Å². The van der Waals surface area contributed by atoms with E-state index in [1.54, 1.807) is 19.1 Å². The van der Waals surface area contributed by atoms with Crippen molar-refractivity contribution < 1.29 is 29.0 Å². The van der Waals surface area contributed by atoms with Crippen LogP contribution in [-0.4, -0.2) is 28.9 Å². The van der Waals surface area contributed by atoms with E-state index in [2.05, 4.69) is 0 Å². The molecule has 6 nitrogen and oxygen atoms in total. The number of carbonyl (C=O) groups excluding carboxylic acids is 3. The molecule has 2 aliphatic heterocycles. The zero-order valence-electron chi connectivity index (χ0n) is 20.9. The van der Waals surface area contributed by atoms with Gasteiger partial charge in [-0.1, -0.05) is 54.6 Å². The van der Waals surface area contributed by atoms with Gasteiger partial charge in [0.2, 0.25) is 0 Å². The highest BCUT2D eigenvalue weighted by molar-refractivity contribution is 5.99. The van der Waals surface area contributed by atoms with E-state index in [-0.39, 0.29) is 29.3 Å². The number of phenolic OH excluding ortho intramolecular Hbond substituents is 1. The van der Waals surface area contributed by atoms with Gasteiger partial charge in [0.1, 0.15) is 22.8 Å². The van der Waals surface area contributed by atoms with Crippen molar-refractivity contribution in [1.29, 1.82) is 0 Å². The number of carbonyl (C=O) groups is 3. The summed E-state index contributed by atoms with van der Waals surface area (Å²) in [6, 6.07) is 15.4. The molecular formula is C31H30O6. The summed E-state index contributed by atoms with van der Waals surface area (Å²) >= 11 is 0. The number of aromatic hydroxyl groups is 1. The first-order valence-corrected chi connectivity index (χ1v) is 12.9. The van der Waals surface area contributed by atoms with Crippen LogP contribution in [-0.2, 0) is 14.3 Å². The minimum Gasteiger partial charge on any atom is -0.507 e. The van der Waals surface area contributed by atoms with Gasteiger partial charge in [-0.05, 0) is 60.6 Å². The fourth-order valence-corrected chi connectivity index (χ4v) is 5.34. The summed E-state index contributed by atoms with van der Waals surface area (Å²) < 4.78 is 11.3. The lowest BCUT2D eigenvalue weighted by Crippen LogP contribution is -2.23. The molecule has 0 amide bonds. The van der Waals surface area contributed by atoms with Gasteiger partial charge in [-0.2, -0.15) is 0 Å². The number of ether oxygens (including phenoxy) is 2. The lowest BCUT2D eigenvalue weighted by Gasteiger charge is -2.28. The Morgan fingerprint density at radius 2 is 1.76 bits per heavy atom. The molecule has 0 spiro atoms. The standard InChI is InChI=1S/C31H30O6/c1-19-9-7-14-22(32)13-4-2-3-11-21-17-26-29(30(34)28(21)31(35)36-19)25(18-27(33)37-26)24-16-8-12-20-10-5-6-15-23(20)24/h3,5-6,8,10-12,15-17,19,25,34H,2,4,7,9,13-14,18H2,1H3. The van der Waals surface area contributed by atoms with Crippen molar-refractivity contribution in [1.82, 2.24) is 0 Å². The molecule has 3 aromatic rings. The molecule has 190 valence electrons. The van der Waals surface area contributed by atoms with Crippen LogP contribution in [0.4, 0.5) is 0 Å². The van der Waals surface area contributed by atoms with Gasteiger partial charge in [0.15, 0.2) is 0 Å². The third kappa shape index (κ3) is 5.15. The van der Waals surface area contributed by atoms with Crippen molar-refractivity contribution in [2.45, 2.75) is 63.9 Å². The molecule has 1 N–H and O–H groups in total. The molecule has 0 saturated heterocycles. The minimum absolute atomic E-state index is 0.0443. The second-order valence-electron chi connectivity index (χ2n) is 9.84. The second kappa shape index (κ2) is 10.6. The maximum absolute atomic E-state index is 13.4. The zero-order chi connectivity index (χ0) is 25.9. The molecule has 0 aliphatic carbocycles. The molecule has 5 rings (SSSR count). The summed E-state index contributed by atoms with van der Waals surface area (Å²) in [5, 5.41) is 13.6. The molecule has 0 fully saturated rings. The van der Waals surface area contributed by atoms with Crippen molar-refractivity contribution in [2.75, 3.05) is 0 Å². The van der Waals surface area contributed by atoms with Crippen LogP contribution in [0.1, 0.15) is 84.8 Å². The lowest BCUT2D eigenvalue weighted by molar-refractivity contribution is -0.135. The van der Waals surface area contributed by atoms with Gasteiger partial charge < -0.3 is 14.6 Å². The topological polar surface area (TPSA) is 89.9 Å². The molecule has 2 atom stereocenters. The Kier molecular flexibility index (Phi) is 7.08. The third-order valence-corrected chi connectivity index (χ3v) is 7.18. The highest BCUT2D eigenvalue weighted by Gasteiger charge is 2.36. The first-order chi connectivity index (χ1) is 17.9. The van der Waals surface area contributed by atoms with Gasteiger partial charge in [0, 0.05) is 24.3 Å². The number of ketones is 1. The summed E-state index contributed by atoms with van der Waals surface area (Å²) in [5.74, 6) is -1.29. The van der Waals surface area contributed by atoms with Gasteiger partial charge in [-0.25, -0.2) is 4.79 Å². The fraction of sp³-hybridized carbons (Fsp3) is 0.323. The molecule has 2 unspecified atom stereocenters. The molecule has 2 aliphatic rings. The normalized spacial score (nSPS) is 20.9. The fourth-order valence-electron chi connectivity index (χ4n) is 5.34. The van der Waals surface area contributed by atoms with Crippen LogP contribution in [0.2, 0.25) is 0 Å². The number of rotatable bonds is 1. The van der Waals surface area contributed by atoms with Gasteiger partial charge in [-0.3, -0.25) is 9.59 Å². The number of fused-ring (bicyclic) bond motifs is 3. The zero-order valence-corrected chi connectivity index (χ0v) is 20.9. The van der Waals surface area contributed by atoms with Gasteiger partial charge in [-0.15, -0.1) is 0 Å². The number of cyclic esters (lactones) is 1. The number of hydrogen-bond donors (Lipinski definition) is 1. The van der Waals surface area contributed by atoms with Gasteiger partial charge in [0.25, 0.3) is 0 Å². The molecule has 0 saturated carbocycles. The molecule has 0 aromatic heterocycles. The average Bonchev–Trinajstić information content (AvgIpc) is 2.87. The van der Waals surface area contributed by atoms with E-state index in [0.717, 1.165) is 16.3 Å². The predicted octanol–water partition coefficient (Wildman–Crippen LogP) is 6.47. The largest absolute Gasteiger partial charge is 0.507 e. The maximum Gasteiger partial charge on any atom is 0.342 e. The third-order valence-electron chi connectivity index (χ3n) is 7.18. The quantitative estimate of drug-likeness (QED) is 0.306. The average molecular weight is 499 g/mol. The monoisotopic (exact) mass is 498 g/mol. The van der Waals surface area contributed by atoms with E-state index in [0.29, 0.717) is 49.7 Å². The number of benzene rings is 3. The Morgan fingerprint density at radius 3 is 2.62 bits per heavy atom. The van der Waals surface area contributed by atoms with Crippen LogP contribution in [0, 0.1) is 0 Å². The van der Waals surface area contributed by atoms with Crippen molar-refractivity contribution in [3.05, 3.63) is 76.9 Å². The highest BCUT2D eigenvalue weighted by Crippen LogP contribution is 2.48. The van der Waals surface area contributed by atoms with Crippen LogP contribution in [0.3, 0.4) is 0 Å². The van der Waals surface area contributed by atoms with Gasteiger partial charge in [0.05, 0.1) is 12.5 Å². The molecule has 0 radical (unpaired) electrons. The number of esters is 2. The number of Topliss-reactive ketones (excluding diaryl/α,β-unsaturated/α-hetero) is 1. The van der Waals surface area contributed by atoms with E-state index < -0.39 is 24.0 Å². The Bertz CT molecular complexity index is 1400. The Morgan fingerprint density at radius 1 is 0.973 bits per heavy atom. The van der Waals surface area contributed by atoms with E-state index in [1.807, 2.05) is 48.5 Å². The van der Waals surface area contributed by atoms with E-state index >= 15 is 0 Å². The molecule has 0 bridgehead atoms. The van der Waals surface area contributed by atoms with Crippen molar-refractivity contribution in [3.63, 3.8) is 0 Å². The smallest absolute Gasteiger partial charge is 0.342 e. The van der Waals surface area contributed by atoms with Crippen LogP contribution >= 0.6 is 0 Å². The summed E-state index contributed by atoms with van der Waals surface area (Å²) in [6.45, 7) is 1.79. The Hall–Kier alpha value is -3.93. The van der Waals surface area contributed by atoms with E-state index in [9.17, 15) is 19.5 Å². The SMILES string of the molecule is CC1CCCC(=O)CCCC=Cc2cc3c(c(O)c2C(=O)O1)C(c1cccc2ccccc12)CC(=O)O3. The molecule has 6 heteroatoms. The predicted molar refractivity (Wildman–Crippen MR) is 141 cm³/mol. The Balaban J connectivity index is 1.64. The highest BCUT2D eigenvalue weighted by atomic mass is 16.5. The molecular weight excluding hydrogens is 468 g/mol. The van der Waals surface area contributed by atoms with E-state index in [1.165, 1.54) is 0 Å². The molecule has 37 heavy (non-hydrogen) atoms. The summed E-state index contributed by atoms with van der Waals surface area (Å²) in [5.41, 5.74) is 1.79. The molecule has 2 heterocycles. The maximum atomic E-state index is 13.4. The van der Waals surface area contributed by atoms with Gasteiger partial charge >= 0.3 is 11.9 Å². The lowest BCUT2D eigenvalue weighted by atomic mass is 9.81. The van der Waals surface area contributed by atoms with Crippen LogP contribution in [0.5, 0.6) is 11.5 Å². The summed E-state index contributed by atoms with van der Waals surface area (Å²) in [6.07, 6.45) is 6.76. The summed E-state index contributed by atoms with van der Waals surface area (Å²) in [4.78, 5) is 38.2. The van der Waals surface area contributed by atoms with Crippen LogP contribution in [0.15, 0.2) is 54.6 Å². The Labute approximate surface area is 215 Å². The van der Waals surface area contributed by atoms with E-state index in [4.69, 9.17) is 9.47 Å². The second-order valence-corrected chi connectivity index (χ2v) is 9.84. The first kappa shape index (κ1) is 24.8. The summed E-state index contributed by atoms with van der Waals surface area (Å²) in [7, 11) is 0. The van der Waals surface area contributed by atoms with Crippen molar-refractivity contribution in [2.24, 2.45) is 0 Å². The number of allylic oxidation sites excluding steroid dienone is 1. The van der Waals surface area contributed by atoms with Crippen LogP contribution < -0.4 is 4.74 Å². The first-order valence-electron chi connectivity index (χ1n) is 12.9.